The molecule has 0 N–H and O–H groups in total. The van der Waals surface area contributed by atoms with Crippen molar-refractivity contribution in [1.82, 2.24) is 9.88 Å². The molecule has 27 heavy (non-hydrogen) atoms. The van der Waals surface area contributed by atoms with Gasteiger partial charge in [-0.15, -0.1) is 6.58 Å². The molecule has 1 saturated heterocycles. The van der Waals surface area contributed by atoms with Gasteiger partial charge in [-0.05, 0) is 40.9 Å². The Hall–Kier alpha value is -2.37. The largest absolute Gasteiger partial charge is 0.283 e. The Bertz CT molecular complexity index is 919. The van der Waals surface area contributed by atoms with E-state index in [1.54, 1.807) is 23.2 Å². The Labute approximate surface area is 168 Å². The van der Waals surface area contributed by atoms with Gasteiger partial charge in [-0.2, -0.15) is 0 Å². The van der Waals surface area contributed by atoms with Gasteiger partial charge >= 0.3 is 0 Å². The smallest absolute Gasteiger partial charge is 0.267 e. The Morgan fingerprint density at radius 3 is 2.67 bits per heavy atom. The van der Waals surface area contributed by atoms with Crippen molar-refractivity contribution >= 4 is 46.2 Å². The molecule has 2 aromatic rings. The normalized spacial score (nSPS) is 17.3. The molecule has 1 amide bonds. The Balaban J connectivity index is 1.93. The SMILES string of the molecule is C=CCN1C(=O)/C(=C/c2ccc(C(C)C)cc2)SC1=Nc1ccncc1Cl. The lowest BCUT2D eigenvalue weighted by atomic mass is 10.0. The minimum absolute atomic E-state index is 0.0863. The van der Waals surface area contributed by atoms with Gasteiger partial charge in [0, 0.05) is 18.9 Å². The molecule has 2 heterocycles. The van der Waals surface area contributed by atoms with Crippen LogP contribution in [-0.2, 0) is 4.79 Å². The number of hydrogen-bond acceptors (Lipinski definition) is 4. The molecular weight excluding hydrogens is 378 g/mol. The number of hydrogen-bond donors (Lipinski definition) is 0. The molecular formula is C21H20ClN3OS. The standard InChI is InChI=1S/C21H20ClN3OS/c1-4-11-25-20(26)19(12-15-5-7-16(8-6-15)14(2)3)27-21(25)24-18-9-10-23-13-17(18)22/h4-10,12-14H,1,11H2,2-3H3/b19-12-,24-21?. The summed E-state index contributed by atoms with van der Waals surface area (Å²) in [4.78, 5) is 23.6. The van der Waals surface area contributed by atoms with E-state index in [1.165, 1.54) is 23.5 Å². The molecule has 1 aromatic heterocycles. The highest BCUT2D eigenvalue weighted by Gasteiger charge is 2.32. The zero-order valence-corrected chi connectivity index (χ0v) is 16.8. The summed E-state index contributed by atoms with van der Waals surface area (Å²) in [6.07, 6.45) is 6.73. The maximum Gasteiger partial charge on any atom is 0.267 e. The molecule has 1 aliphatic rings. The van der Waals surface area contributed by atoms with Crippen LogP contribution in [0.3, 0.4) is 0 Å². The van der Waals surface area contributed by atoms with Crippen LogP contribution in [0, 0.1) is 0 Å². The van der Waals surface area contributed by atoms with E-state index in [0.717, 1.165) is 5.56 Å². The van der Waals surface area contributed by atoms with E-state index >= 15 is 0 Å². The van der Waals surface area contributed by atoms with Gasteiger partial charge in [-0.1, -0.05) is 55.8 Å². The van der Waals surface area contributed by atoms with Crippen LogP contribution in [0.2, 0.25) is 5.02 Å². The molecule has 138 valence electrons. The molecule has 0 radical (unpaired) electrons. The van der Waals surface area contributed by atoms with Crippen molar-refractivity contribution in [2.75, 3.05) is 6.54 Å². The third kappa shape index (κ3) is 4.49. The molecule has 4 nitrogen and oxygen atoms in total. The molecule has 6 heteroatoms. The summed E-state index contributed by atoms with van der Waals surface area (Å²) in [5, 5.41) is 1.02. The summed E-state index contributed by atoms with van der Waals surface area (Å²) < 4.78 is 0. The molecule has 1 aromatic carbocycles. The number of benzene rings is 1. The highest BCUT2D eigenvalue weighted by Crippen LogP contribution is 2.35. The van der Waals surface area contributed by atoms with E-state index in [4.69, 9.17) is 11.6 Å². The fraction of sp³-hybridized carbons (Fsp3) is 0.190. The quantitative estimate of drug-likeness (QED) is 0.483. The van der Waals surface area contributed by atoms with Crippen LogP contribution < -0.4 is 0 Å². The Kier molecular flexibility index (Phi) is 6.14. The van der Waals surface area contributed by atoms with Crippen molar-refractivity contribution in [3.05, 3.63) is 76.4 Å². The molecule has 0 saturated carbocycles. The number of aliphatic imine (C=N–C) groups is 1. The summed E-state index contributed by atoms with van der Waals surface area (Å²) in [6, 6.07) is 9.97. The van der Waals surface area contributed by atoms with Crippen LogP contribution in [0.4, 0.5) is 5.69 Å². The zero-order chi connectivity index (χ0) is 19.4. The number of nitrogens with zero attached hydrogens (tertiary/aromatic N) is 3. The highest BCUT2D eigenvalue weighted by molar-refractivity contribution is 8.18. The molecule has 0 atom stereocenters. The van der Waals surface area contributed by atoms with Crippen LogP contribution in [-0.4, -0.2) is 27.5 Å². The lowest BCUT2D eigenvalue weighted by Crippen LogP contribution is -2.29. The van der Waals surface area contributed by atoms with E-state index < -0.39 is 0 Å². The maximum atomic E-state index is 12.8. The highest BCUT2D eigenvalue weighted by atomic mass is 35.5. The van der Waals surface area contributed by atoms with Gasteiger partial charge in [0.1, 0.15) is 0 Å². The van der Waals surface area contributed by atoms with Crippen molar-refractivity contribution in [2.24, 2.45) is 4.99 Å². The number of aromatic nitrogens is 1. The minimum atomic E-state index is -0.0863. The van der Waals surface area contributed by atoms with Crippen molar-refractivity contribution < 1.29 is 4.79 Å². The lowest BCUT2D eigenvalue weighted by Gasteiger charge is -2.12. The summed E-state index contributed by atoms with van der Waals surface area (Å²) in [5.74, 6) is 0.387. The average molecular weight is 398 g/mol. The first-order chi connectivity index (χ1) is 13.0. The molecule has 0 aliphatic carbocycles. The van der Waals surface area contributed by atoms with Crippen LogP contribution in [0.5, 0.6) is 0 Å². The summed E-state index contributed by atoms with van der Waals surface area (Å²) in [7, 11) is 0. The van der Waals surface area contributed by atoms with Crippen LogP contribution in [0.25, 0.3) is 6.08 Å². The van der Waals surface area contributed by atoms with Crippen molar-refractivity contribution in [3.8, 4) is 0 Å². The maximum absolute atomic E-state index is 12.8. The van der Waals surface area contributed by atoms with E-state index in [-0.39, 0.29) is 5.91 Å². The number of halogens is 1. The first-order valence-corrected chi connectivity index (χ1v) is 9.79. The van der Waals surface area contributed by atoms with Gasteiger partial charge in [0.2, 0.25) is 0 Å². The van der Waals surface area contributed by atoms with E-state index in [2.05, 4.69) is 42.5 Å². The lowest BCUT2D eigenvalue weighted by molar-refractivity contribution is -0.121. The minimum Gasteiger partial charge on any atom is -0.283 e. The van der Waals surface area contributed by atoms with Gasteiger partial charge in [0.25, 0.3) is 5.91 Å². The predicted molar refractivity (Wildman–Crippen MR) is 114 cm³/mol. The number of amides is 1. The Morgan fingerprint density at radius 2 is 2.04 bits per heavy atom. The molecule has 1 fully saturated rings. The first-order valence-electron chi connectivity index (χ1n) is 8.60. The number of amidine groups is 1. The van der Waals surface area contributed by atoms with Crippen molar-refractivity contribution in [2.45, 2.75) is 19.8 Å². The Morgan fingerprint density at radius 1 is 1.30 bits per heavy atom. The van der Waals surface area contributed by atoms with Crippen LogP contribution in [0.1, 0.15) is 30.9 Å². The third-order valence-electron chi connectivity index (χ3n) is 4.07. The molecule has 0 bridgehead atoms. The third-order valence-corrected chi connectivity index (χ3v) is 5.37. The molecule has 3 rings (SSSR count). The van der Waals surface area contributed by atoms with Gasteiger partial charge in [0.05, 0.1) is 15.6 Å². The van der Waals surface area contributed by atoms with Gasteiger partial charge in [-0.3, -0.25) is 14.7 Å². The fourth-order valence-corrected chi connectivity index (χ4v) is 3.73. The van der Waals surface area contributed by atoms with Crippen LogP contribution in [0.15, 0.2) is 65.3 Å². The second-order valence-electron chi connectivity index (χ2n) is 6.36. The molecule has 0 spiro atoms. The summed E-state index contributed by atoms with van der Waals surface area (Å²) in [6.45, 7) is 8.44. The number of thioether (sulfide) groups is 1. The topological polar surface area (TPSA) is 45.6 Å². The predicted octanol–water partition coefficient (Wildman–Crippen LogP) is 5.65. The summed E-state index contributed by atoms with van der Waals surface area (Å²) >= 11 is 7.49. The first kappa shape index (κ1) is 19.4. The second-order valence-corrected chi connectivity index (χ2v) is 7.77. The average Bonchev–Trinajstić information content (AvgIpc) is 2.93. The van der Waals surface area contributed by atoms with Gasteiger partial charge in [0.15, 0.2) is 5.17 Å². The second kappa shape index (κ2) is 8.55. The monoisotopic (exact) mass is 397 g/mol. The zero-order valence-electron chi connectivity index (χ0n) is 15.2. The van der Waals surface area contributed by atoms with Gasteiger partial charge in [-0.25, -0.2) is 4.99 Å². The van der Waals surface area contributed by atoms with Crippen molar-refractivity contribution in [1.29, 1.82) is 0 Å². The number of rotatable bonds is 5. The molecule has 1 aliphatic heterocycles. The fourth-order valence-electron chi connectivity index (χ4n) is 2.57. The van der Waals surface area contributed by atoms with E-state index in [9.17, 15) is 4.79 Å². The summed E-state index contributed by atoms with van der Waals surface area (Å²) in [5.41, 5.74) is 2.83. The van der Waals surface area contributed by atoms with Gasteiger partial charge < -0.3 is 0 Å². The van der Waals surface area contributed by atoms with E-state index in [1.807, 2.05) is 18.2 Å². The number of pyridine rings is 1. The van der Waals surface area contributed by atoms with Crippen LogP contribution >= 0.6 is 23.4 Å². The number of carbonyl (C=O) groups is 1. The molecule has 0 unspecified atom stereocenters. The van der Waals surface area contributed by atoms with Crippen molar-refractivity contribution in [3.63, 3.8) is 0 Å². The van der Waals surface area contributed by atoms with E-state index in [0.29, 0.717) is 33.2 Å². The number of carbonyl (C=O) groups excluding carboxylic acids is 1.